The first-order valence-corrected chi connectivity index (χ1v) is 29.2. The lowest BCUT2D eigenvalue weighted by Crippen LogP contribution is -2.37. The number of unbranched alkanes of at least 4 members (excludes halogenated alkanes) is 20. The maximum absolute atomic E-state index is 13.8. The van der Waals surface area contributed by atoms with Crippen LogP contribution in [0.3, 0.4) is 0 Å². The van der Waals surface area contributed by atoms with Gasteiger partial charge in [0.2, 0.25) is 0 Å². The summed E-state index contributed by atoms with van der Waals surface area (Å²) in [5, 5.41) is 0. The Morgan fingerprint density at radius 1 is 0.368 bits per heavy atom. The third-order valence-electron chi connectivity index (χ3n) is 13.5. The topological polar surface area (TPSA) is 112 Å². The summed E-state index contributed by atoms with van der Waals surface area (Å²) >= 11 is 0. The fraction of sp³-hybridized carbons (Fsp3) is 0.931. The van der Waals surface area contributed by atoms with E-state index in [0.29, 0.717) is 70.4 Å². The predicted molar refractivity (Wildman–Crippen MR) is 284 cm³/mol. The number of esters is 3. The fourth-order valence-corrected chi connectivity index (χ4v) is 8.97. The van der Waals surface area contributed by atoms with E-state index in [0.717, 1.165) is 135 Å². The van der Waals surface area contributed by atoms with Crippen LogP contribution in [-0.2, 0) is 33.3 Å². The van der Waals surface area contributed by atoms with Gasteiger partial charge in [0.1, 0.15) is 6.10 Å². The molecule has 10 nitrogen and oxygen atoms in total. The van der Waals surface area contributed by atoms with Gasteiger partial charge in [0.15, 0.2) is 0 Å². The SMILES string of the molecule is CCCCCCC(CCCC)COC(=O)CCCCCCCCC(CCCCCCCCC(=O)OCC(CCCC)CCCCCC)OC(=O)N(CCCC(=O)OCCCCC)CCCN(C)C. The molecule has 0 heterocycles. The molecule has 0 aliphatic carbocycles. The summed E-state index contributed by atoms with van der Waals surface area (Å²) in [6, 6.07) is 0. The van der Waals surface area contributed by atoms with Crippen molar-refractivity contribution in [2.45, 2.75) is 285 Å². The van der Waals surface area contributed by atoms with Gasteiger partial charge in [0.25, 0.3) is 0 Å². The van der Waals surface area contributed by atoms with E-state index in [1.807, 2.05) is 14.1 Å². The molecule has 2 atom stereocenters. The van der Waals surface area contributed by atoms with Gasteiger partial charge in [0.05, 0.1) is 19.8 Å². The van der Waals surface area contributed by atoms with Crippen molar-refractivity contribution in [3.63, 3.8) is 0 Å². The van der Waals surface area contributed by atoms with Crippen molar-refractivity contribution < 1.29 is 38.1 Å². The van der Waals surface area contributed by atoms with Gasteiger partial charge in [-0.1, -0.05) is 176 Å². The van der Waals surface area contributed by atoms with E-state index in [9.17, 15) is 19.2 Å². The first kappa shape index (κ1) is 65.6. The maximum Gasteiger partial charge on any atom is 0.410 e. The lowest BCUT2D eigenvalue weighted by molar-refractivity contribution is -0.146. The highest BCUT2D eigenvalue weighted by molar-refractivity contribution is 5.70. The number of rotatable bonds is 51. The van der Waals surface area contributed by atoms with Crippen molar-refractivity contribution in [1.82, 2.24) is 9.80 Å². The van der Waals surface area contributed by atoms with Gasteiger partial charge in [-0.15, -0.1) is 0 Å². The highest BCUT2D eigenvalue weighted by Crippen LogP contribution is 2.22. The van der Waals surface area contributed by atoms with E-state index in [1.54, 1.807) is 4.90 Å². The molecule has 0 fully saturated rings. The van der Waals surface area contributed by atoms with Crippen molar-refractivity contribution in [3.8, 4) is 0 Å². The fourth-order valence-electron chi connectivity index (χ4n) is 8.97. The molecule has 1 amide bonds. The van der Waals surface area contributed by atoms with Crippen LogP contribution < -0.4 is 0 Å². The molecule has 0 aliphatic heterocycles. The molecular formula is C58H112N2O8. The van der Waals surface area contributed by atoms with E-state index in [4.69, 9.17) is 18.9 Å². The van der Waals surface area contributed by atoms with Crippen LogP contribution in [0.1, 0.15) is 279 Å². The standard InChI is InChI=1S/C58H112N2O8/c1-8-13-18-28-39-52(37-16-11-4)50-66-56(62)43-32-26-22-20-24-30-41-54(68-58(64)60(48-36-46-59(6)7)47-35-45-55(61)65-49-34-15-10-3)42-31-25-21-23-27-33-44-57(63)67-51-53(38-17-12-5)40-29-19-14-9-2/h52-54H,8-51H2,1-7H3. The Balaban J connectivity index is 5.04. The molecule has 0 aromatic carbocycles. The highest BCUT2D eigenvalue weighted by atomic mass is 16.6. The minimum atomic E-state index is -0.273. The molecule has 0 aliphatic rings. The van der Waals surface area contributed by atoms with Gasteiger partial charge in [-0.2, -0.15) is 0 Å². The third kappa shape index (κ3) is 43.6. The molecule has 0 spiro atoms. The van der Waals surface area contributed by atoms with Gasteiger partial charge in [-0.25, -0.2) is 4.79 Å². The third-order valence-corrected chi connectivity index (χ3v) is 13.5. The first-order chi connectivity index (χ1) is 33.1. The summed E-state index contributed by atoms with van der Waals surface area (Å²) in [5.74, 6) is 0.712. The van der Waals surface area contributed by atoms with Crippen LogP contribution in [0.4, 0.5) is 4.79 Å². The molecule has 0 saturated carbocycles. The van der Waals surface area contributed by atoms with Crippen molar-refractivity contribution >= 4 is 24.0 Å². The van der Waals surface area contributed by atoms with E-state index in [2.05, 4.69) is 39.5 Å². The molecular weight excluding hydrogens is 853 g/mol. The number of carbonyl (C=O) groups is 4. The Kier molecular flexibility index (Phi) is 47.9. The molecule has 402 valence electrons. The Labute approximate surface area is 420 Å². The highest BCUT2D eigenvalue weighted by Gasteiger charge is 2.21. The number of hydrogen-bond donors (Lipinski definition) is 0. The van der Waals surface area contributed by atoms with Gasteiger partial charge >= 0.3 is 24.0 Å². The zero-order valence-corrected chi connectivity index (χ0v) is 46.0. The maximum atomic E-state index is 13.8. The smallest absolute Gasteiger partial charge is 0.410 e. The molecule has 2 unspecified atom stereocenters. The molecule has 0 rings (SSSR count). The largest absolute Gasteiger partial charge is 0.466 e. The second-order valence-corrected chi connectivity index (χ2v) is 20.6. The molecule has 0 N–H and O–H groups in total. The number of hydrogen-bond acceptors (Lipinski definition) is 9. The summed E-state index contributed by atoms with van der Waals surface area (Å²) < 4.78 is 23.2. The second-order valence-electron chi connectivity index (χ2n) is 20.6. The summed E-state index contributed by atoms with van der Waals surface area (Å²) in [6.45, 7) is 14.6. The van der Waals surface area contributed by atoms with Gasteiger partial charge in [-0.3, -0.25) is 14.4 Å². The Hall–Kier alpha value is -2.36. The zero-order valence-electron chi connectivity index (χ0n) is 46.0. The van der Waals surface area contributed by atoms with Crippen LogP contribution in [-0.4, -0.2) is 93.5 Å². The average molecular weight is 966 g/mol. The molecule has 0 aromatic heterocycles. The van der Waals surface area contributed by atoms with E-state index in [-0.39, 0.29) is 30.1 Å². The van der Waals surface area contributed by atoms with Gasteiger partial charge in [0, 0.05) is 32.4 Å². The van der Waals surface area contributed by atoms with Crippen LogP contribution in [0, 0.1) is 11.8 Å². The number of nitrogens with zero attached hydrogens (tertiary/aromatic N) is 2. The predicted octanol–water partition coefficient (Wildman–Crippen LogP) is 16.1. The monoisotopic (exact) mass is 965 g/mol. The van der Waals surface area contributed by atoms with Crippen LogP contribution >= 0.6 is 0 Å². The van der Waals surface area contributed by atoms with Crippen molar-refractivity contribution in [1.29, 1.82) is 0 Å². The lowest BCUT2D eigenvalue weighted by atomic mass is 9.96. The summed E-state index contributed by atoms with van der Waals surface area (Å²) in [7, 11) is 4.08. The normalized spacial score (nSPS) is 12.8. The van der Waals surface area contributed by atoms with Gasteiger partial charge < -0.3 is 28.7 Å². The lowest BCUT2D eigenvalue weighted by Gasteiger charge is -2.26. The van der Waals surface area contributed by atoms with Crippen molar-refractivity contribution in [2.75, 3.05) is 53.6 Å². The number of carbonyl (C=O) groups excluding carboxylic acids is 4. The van der Waals surface area contributed by atoms with Crippen LogP contribution in [0.15, 0.2) is 0 Å². The Bertz CT molecular complexity index is 1100. The van der Waals surface area contributed by atoms with Crippen molar-refractivity contribution in [2.24, 2.45) is 11.8 Å². The summed E-state index contributed by atoms with van der Waals surface area (Å²) in [4.78, 5) is 55.2. The van der Waals surface area contributed by atoms with Crippen LogP contribution in [0.2, 0.25) is 0 Å². The minimum absolute atomic E-state index is 0.0441. The minimum Gasteiger partial charge on any atom is -0.466 e. The zero-order chi connectivity index (χ0) is 50.1. The molecule has 0 bridgehead atoms. The van der Waals surface area contributed by atoms with Crippen molar-refractivity contribution in [3.05, 3.63) is 0 Å². The average Bonchev–Trinajstić information content (AvgIpc) is 3.32. The van der Waals surface area contributed by atoms with Gasteiger partial charge in [-0.05, 0) is 116 Å². The summed E-state index contributed by atoms with van der Waals surface area (Å²) in [5.41, 5.74) is 0. The number of amides is 1. The van der Waals surface area contributed by atoms with E-state index >= 15 is 0 Å². The second kappa shape index (κ2) is 49.6. The van der Waals surface area contributed by atoms with Crippen LogP contribution in [0.5, 0.6) is 0 Å². The Morgan fingerprint density at radius 2 is 0.735 bits per heavy atom. The van der Waals surface area contributed by atoms with E-state index in [1.165, 1.54) is 89.9 Å². The molecule has 68 heavy (non-hydrogen) atoms. The molecule has 10 heteroatoms. The van der Waals surface area contributed by atoms with Crippen LogP contribution in [0.25, 0.3) is 0 Å². The Morgan fingerprint density at radius 3 is 1.21 bits per heavy atom. The summed E-state index contributed by atoms with van der Waals surface area (Å²) in [6.07, 6.45) is 38.8. The number of ether oxygens (including phenoxy) is 4. The molecule has 0 aromatic rings. The van der Waals surface area contributed by atoms with E-state index < -0.39 is 0 Å². The molecule has 0 radical (unpaired) electrons. The first-order valence-electron chi connectivity index (χ1n) is 29.2. The molecule has 0 saturated heterocycles. The quantitative estimate of drug-likeness (QED) is 0.0334.